The number of amides is 1. The summed E-state index contributed by atoms with van der Waals surface area (Å²) in [5, 5.41) is 14.7. The van der Waals surface area contributed by atoms with Crippen molar-refractivity contribution in [3.05, 3.63) is 24.3 Å². The van der Waals surface area contributed by atoms with Gasteiger partial charge in [-0.2, -0.15) is 14.9 Å². The largest absolute Gasteiger partial charge is 0.381 e. The third-order valence-corrected chi connectivity index (χ3v) is 6.19. The first kappa shape index (κ1) is 21.8. The molecule has 5 heterocycles. The van der Waals surface area contributed by atoms with Gasteiger partial charge < -0.3 is 19.3 Å². The maximum Gasteiger partial charge on any atom is 0.259 e. The second-order valence-corrected chi connectivity index (χ2v) is 8.42. The van der Waals surface area contributed by atoms with Gasteiger partial charge >= 0.3 is 0 Å². The maximum absolute atomic E-state index is 12.3. The van der Waals surface area contributed by atoms with E-state index < -0.39 is 0 Å². The second-order valence-electron chi connectivity index (χ2n) is 8.42. The predicted octanol–water partition coefficient (Wildman–Crippen LogP) is 1.46. The molecule has 2 aliphatic rings. The number of carbonyl (C=O) groups is 1. The average molecular weight is 456 g/mol. The van der Waals surface area contributed by atoms with Gasteiger partial charge in [0, 0.05) is 50.6 Å². The summed E-state index contributed by atoms with van der Waals surface area (Å²) in [7, 11) is 0. The Bertz CT molecular complexity index is 1090. The molecule has 176 valence electrons. The molecule has 0 aliphatic carbocycles. The van der Waals surface area contributed by atoms with Crippen molar-refractivity contribution in [1.29, 1.82) is 0 Å². The molecule has 2 fully saturated rings. The summed E-state index contributed by atoms with van der Waals surface area (Å²) >= 11 is 0. The highest BCUT2D eigenvalue weighted by atomic mass is 16.5. The quantitative estimate of drug-likeness (QED) is 0.564. The fraction of sp³-hybridized carbons (Fsp3) is 0.591. The number of hydrogen-bond acceptors (Lipinski definition) is 9. The maximum atomic E-state index is 12.3. The van der Waals surface area contributed by atoms with E-state index in [0.29, 0.717) is 36.5 Å². The molecule has 1 N–H and O–H groups in total. The van der Waals surface area contributed by atoms with Crippen molar-refractivity contribution < 1.29 is 18.8 Å². The number of rotatable bonds is 7. The molecule has 33 heavy (non-hydrogen) atoms. The van der Waals surface area contributed by atoms with Crippen LogP contribution in [-0.2, 0) is 20.7 Å². The van der Waals surface area contributed by atoms with Gasteiger partial charge in [-0.1, -0.05) is 5.16 Å². The summed E-state index contributed by atoms with van der Waals surface area (Å²) in [5.41, 5.74) is 1.47. The van der Waals surface area contributed by atoms with Crippen LogP contribution in [0.5, 0.6) is 0 Å². The van der Waals surface area contributed by atoms with E-state index in [9.17, 15) is 4.79 Å². The lowest BCUT2D eigenvalue weighted by Gasteiger charge is -2.34. The van der Waals surface area contributed by atoms with Gasteiger partial charge in [-0.25, -0.2) is 4.98 Å². The van der Waals surface area contributed by atoms with Crippen LogP contribution in [0.25, 0.3) is 22.5 Å². The van der Waals surface area contributed by atoms with Crippen LogP contribution in [0, 0.1) is 0 Å². The number of fused-ring (bicyclic) bond motifs is 1. The van der Waals surface area contributed by atoms with Crippen LogP contribution in [0.1, 0.15) is 38.4 Å². The number of hydrogen-bond donors (Lipinski definition) is 1. The van der Waals surface area contributed by atoms with E-state index >= 15 is 0 Å². The summed E-state index contributed by atoms with van der Waals surface area (Å²) in [6, 6.07) is 2.45. The lowest BCUT2D eigenvalue weighted by atomic mass is 10.1. The molecule has 0 radical (unpaired) electrons. The Hall–Kier alpha value is -3.05. The summed E-state index contributed by atoms with van der Waals surface area (Å²) in [6.07, 6.45) is 7.18. The minimum Gasteiger partial charge on any atom is -0.381 e. The second kappa shape index (κ2) is 9.84. The number of nitrogens with zero attached hydrogens (tertiary/aromatic N) is 6. The molecule has 0 bridgehead atoms. The van der Waals surface area contributed by atoms with Crippen molar-refractivity contribution >= 4 is 16.9 Å². The van der Waals surface area contributed by atoms with Gasteiger partial charge in [0.15, 0.2) is 11.5 Å². The molecule has 3 aromatic rings. The zero-order valence-corrected chi connectivity index (χ0v) is 18.8. The molecule has 5 rings (SSSR count). The van der Waals surface area contributed by atoms with Crippen LogP contribution in [0.2, 0.25) is 0 Å². The molecule has 0 unspecified atom stereocenters. The molecule has 0 spiro atoms. The van der Waals surface area contributed by atoms with Gasteiger partial charge in [0.2, 0.25) is 5.91 Å². The molecule has 11 nitrogen and oxygen atoms in total. The molecule has 0 atom stereocenters. The molecule has 2 saturated heterocycles. The summed E-state index contributed by atoms with van der Waals surface area (Å²) in [5.74, 6) is 0.571. The van der Waals surface area contributed by atoms with Crippen molar-refractivity contribution in [1.82, 2.24) is 30.3 Å². The normalized spacial score (nSPS) is 18.0. The molecule has 0 saturated carbocycles. The van der Waals surface area contributed by atoms with Gasteiger partial charge in [0.1, 0.15) is 0 Å². The Kier molecular flexibility index (Phi) is 6.49. The predicted molar refractivity (Wildman–Crippen MR) is 119 cm³/mol. The Labute approximate surface area is 191 Å². The zero-order valence-electron chi connectivity index (χ0n) is 18.8. The van der Waals surface area contributed by atoms with Crippen LogP contribution in [0.3, 0.4) is 0 Å². The molecular formula is C22H29N7O4. The third-order valence-electron chi connectivity index (χ3n) is 6.19. The fourth-order valence-electron chi connectivity index (χ4n) is 4.45. The monoisotopic (exact) mass is 455 g/mol. The van der Waals surface area contributed by atoms with Gasteiger partial charge in [-0.05, 0) is 38.7 Å². The van der Waals surface area contributed by atoms with Crippen LogP contribution >= 0.6 is 0 Å². The SMILES string of the molecule is CCN(C1CCOCC1)n1ncc2cc(-c3nc(CC(=O)NC4CCOCC4)no3)cnc21. The standard InChI is InChI=1S/C22H29N7O4/c1-2-28(18-5-9-32-10-6-18)29-21-15(14-24-29)11-16(13-23-21)22-26-19(27-33-22)12-20(30)25-17-3-7-31-8-4-17/h11,13-14,17-18H,2-10,12H2,1H3,(H,25,30). The highest BCUT2D eigenvalue weighted by molar-refractivity contribution is 5.80. The van der Waals surface area contributed by atoms with Gasteiger partial charge in [-0.15, -0.1) is 0 Å². The molecule has 3 aromatic heterocycles. The number of pyridine rings is 1. The Morgan fingerprint density at radius 2 is 1.91 bits per heavy atom. The number of carbonyl (C=O) groups excluding carboxylic acids is 1. The number of ether oxygens (including phenoxy) is 2. The molecule has 11 heteroatoms. The van der Waals surface area contributed by atoms with Crippen molar-refractivity contribution in [2.24, 2.45) is 0 Å². The third kappa shape index (κ3) is 4.83. The molecule has 1 amide bonds. The van der Waals surface area contributed by atoms with Crippen LogP contribution in [0.4, 0.5) is 0 Å². The van der Waals surface area contributed by atoms with Crippen molar-refractivity contribution in [2.75, 3.05) is 38.0 Å². The van der Waals surface area contributed by atoms with E-state index in [4.69, 9.17) is 14.0 Å². The Morgan fingerprint density at radius 3 is 2.67 bits per heavy atom. The van der Waals surface area contributed by atoms with Crippen LogP contribution < -0.4 is 10.3 Å². The number of aromatic nitrogens is 5. The average Bonchev–Trinajstić information content (AvgIpc) is 3.48. The van der Waals surface area contributed by atoms with Crippen LogP contribution in [0.15, 0.2) is 23.0 Å². The van der Waals surface area contributed by atoms with E-state index in [1.807, 2.05) is 10.9 Å². The Balaban J connectivity index is 1.28. The molecule has 0 aromatic carbocycles. The highest BCUT2D eigenvalue weighted by Crippen LogP contribution is 2.23. The number of nitrogens with one attached hydrogen (secondary N) is 1. The first-order valence-electron chi connectivity index (χ1n) is 11.6. The van der Waals surface area contributed by atoms with E-state index in [1.165, 1.54) is 0 Å². The zero-order chi connectivity index (χ0) is 22.6. The fourth-order valence-corrected chi connectivity index (χ4v) is 4.45. The first-order chi connectivity index (χ1) is 16.2. The van der Waals surface area contributed by atoms with Gasteiger partial charge in [-0.3, -0.25) is 9.80 Å². The van der Waals surface area contributed by atoms with E-state index in [-0.39, 0.29) is 18.4 Å². The highest BCUT2D eigenvalue weighted by Gasteiger charge is 2.24. The Morgan fingerprint density at radius 1 is 1.15 bits per heavy atom. The van der Waals surface area contributed by atoms with Crippen LogP contribution in [-0.4, -0.2) is 76.0 Å². The van der Waals surface area contributed by atoms with Gasteiger partial charge in [0.05, 0.1) is 24.2 Å². The van der Waals surface area contributed by atoms with Crippen molar-refractivity contribution in [3.63, 3.8) is 0 Å². The van der Waals surface area contributed by atoms with E-state index in [2.05, 4.69) is 37.5 Å². The van der Waals surface area contributed by atoms with Gasteiger partial charge in [0.25, 0.3) is 5.89 Å². The smallest absolute Gasteiger partial charge is 0.259 e. The molecule has 2 aliphatic heterocycles. The van der Waals surface area contributed by atoms with E-state index in [1.54, 1.807) is 12.4 Å². The summed E-state index contributed by atoms with van der Waals surface area (Å²) in [6.45, 7) is 5.83. The van der Waals surface area contributed by atoms with Crippen molar-refractivity contribution in [2.45, 2.75) is 51.1 Å². The first-order valence-corrected chi connectivity index (χ1v) is 11.6. The minimum absolute atomic E-state index is 0.0744. The lowest BCUT2D eigenvalue weighted by molar-refractivity contribution is -0.121. The summed E-state index contributed by atoms with van der Waals surface area (Å²) < 4.78 is 16.2. The topological polar surface area (TPSA) is 120 Å². The van der Waals surface area contributed by atoms with E-state index in [0.717, 1.165) is 56.5 Å². The van der Waals surface area contributed by atoms with Crippen molar-refractivity contribution in [3.8, 4) is 11.5 Å². The lowest BCUT2D eigenvalue weighted by Crippen LogP contribution is -2.47. The summed E-state index contributed by atoms with van der Waals surface area (Å²) in [4.78, 5) is 23.2. The minimum atomic E-state index is -0.114. The molecular weight excluding hydrogens is 426 g/mol.